The lowest BCUT2D eigenvalue weighted by Gasteiger charge is -2.01. The third kappa shape index (κ3) is 3.51. The quantitative estimate of drug-likeness (QED) is 0.515. The summed E-state index contributed by atoms with van der Waals surface area (Å²) in [7, 11) is 0. The predicted molar refractivity (Wildman–Crippen MR) is 78.4 cm³/mol. The van der Waals surface area contributed by atoms with Crippen molar-refractivity contribution >= 4 is 29.1 Å². The highest BCUT2D eigenvalue weighted by atomic mass is 32.1. The van der Waals surface area contributed by atoms with E-state index in [1.165, 1.54) is 29.2 Å². The van der Waals surface area contributed by atoms with Gasteiger partial charge in [-0.05, 0) is 25.3 Å². The largest absolute Gasteiger partial charge is 0.312 e. The molecule has 2 aromatic heterocycles. The zero-order chi connectivity index (χ0) is 15.4. The molecule has 0 saturated carbocycles. The van der Waals surface area contributed by atoms with Crippen LogP contribution < -0.4 is 5.43 Å². The molecule has 2 heterocycles. The van der Waals surface area contributed by atoms with Crippen LogP contribution in [0.2, 0.25) is 0 Å². The summed E-state index contributed by atoms with van der Waals surface area (Å²) in [5.41, 5.74) is 2.92. The number of rotatable bonds is 5. The van der Waals surface area contributed by atoms with Crippen LogP contribution in [0.4, 0.5) is 5.69 Å². The van der Waals surface area contributed by atoms with E-state index in [1.807, 2.05) is 17.5 Å². The van der Waals surface area contributed by atoms with Gasteiger partial charge in [0, 0.05) is 4.88 Å². The summed E-state index contributed by atoms with van der Waals surface area (Å²) in [4.78, 5) is 23.0. The number of nitrogens with zero attached hydrogens (tertiary/aromatic N) is 4. The molecule has 0 fully saturated rings. The van der Waals surface area contributed by atoms with Crippen LogP contribution in [0.15, 0.2) is 22.6 Å². The maximum Gasteiger partial charge on any atom is 0.312 e. The summed E-state index contributed by atoms with van der Waals surface area (Å²) in [6.07, 6.45) is 1.53. The zero-order valence-electron chi connectivity index (χ0n) is 11.4. The Morgan fingerprint density at radius 1 is 1.62 bits per heavy atom. The minimum absolute atomic E-state index is 0.0649. The molecule has 1 amide bonds. The predicted octanol–water partition coefficient (Wildman–Crippen LogP) is 1.62. The number of hydrogen-bond acceptors (Lipinski definition) is 6. The van der Waals surface area contributed by atoms with Gasteiger partial charge in [-0.3, -0.25) is 19.6 Å². The van der Waals surface area contributed by atoms with Gasteiger partial charge in [0.1, 0.15) is 17.9 Å². The van der Waals surface area contributed by atoms with E-state index in [0.29, 0.717) is 5.69 Å². The molecule has 0 aliphatic rings. The first-order valence-electron chi connectivity index (χ1n) is 6.03. The molecule has 1 N–H and O–H groups in total. The molecule has 0 unspecified atom stereocenters. The van der Waals surface area contributed by atoms with Crippen molar-refractivity contribution in [1.29, 1.82) is 0 Å². The van der Waals surface area contributed by atoms with Gasteiger partial charge in [-0.1, -0.05) is 6.07 Å². The molecule has 0 aliphatic carbocycles. The van der Waals surface area contributed by atoms with Gasteiger partial charge in [0.15, 0.2) is 0 Å². The first kappa shape index (κ1) is 14.9. The monoisotopic (exact) mass is 307 g/mol. The first-order valence-corrected chi connectivity index (χ1v) is 6.91. The fourth-order valence-electron chi connectivity index (χ4n) is 1.81. The van der Waals surface area contributed by atoms with E-state index in [4.69, 9.17) is 0 Å². The average molecular weight is 307 g/mol. The minimum Gasteiger partial charge on any atom is -0.271 e. The molecule has 21 heavy (non-hydrogen) atoms. The number of hydrogen-bond donors (Lipinski definition) is 1. The van der Waals surface area contributed by atoms with Crippen LogP contribution in [-0.2, 0) is 11.3 Å². The molecule has 110 valence electrons. The Balaban J connectivity index is 2.00. The maximum atomic E-state index is 11.7. The third-order valence-electron chi connectivity index (χ3n) is 2.74. The van der Waals surface area contributed by atoms with Crippen LogP contribution in [-0.4, -0.2) is 26.8 Å². The molecule has 0 aliphatic heterocycles. The second-order valence-electron chi connectivity index (χ2n) is 4.24. The van der Waals surface area contributed by atoms with E-state index < -0.39 is 10.8 Å². The van der Waals surface area contributed by atoms with Crippen LogP contribution >= 0.6 is 11.3 Å². The average Bonchev–Trinajstić information content (AvgIpc) is 2.99. The molecule has 0 bridgehead atoms. The van der Waals surface area contributed by atoms with Crippen molar-refractivity contribution in [3.8, 4) is 0 Å². The van der Waals surface area contributed by atoms with Crippen molar-refractivity contribution < 1.29 is 9.72 Å². The van der Waals surface area contributed by atoms with Gasteiger partial charge in [0.05, 0.1) is 11.1 Å². The van der Waals surface area contributed by atoms with Gasteiger partial charge in [-0.15, -0.1) is 11.3 Å². The number of thiophene rings is 1. The maximum absolute atomic E-state index is 11.7. The number of amides is 1. The highest BCUT2D eigenvalue weighted by molar-refractivity contribution is 7.11. The fourth-order valence-corrected chi connectivity index (χ4v) is 2.39. The van der Waals surface area contributed by atoms with Crippen LogP contribution in [0.5, 0.6) is 0 Å². The smallest absolute Gasteiger partial charge is 0.271 e. The summed E-state index contributed by atoms with van der Waals surface area (Å²) in [5, 5.41) is 20.6. The van der Waals surface area contributed by atoms with Crippen LogP contribution in [0.25, 0.3) is 0 Å². The molecule has 0 saturated heterocycles. The summed E-state index contributed by atoms with van der Waals surface area (Å²) in [6.45, 7) is 2.97. The molecule has 0 atom stereocenters. The van der Waals surface area contributed by atoms with Gasteiger partial charge in [-0.25, -0.2) is 5.43 Å². The topological polar surface area (TPSA) is 102 Å². The van der Waals surface area contributed by atoms with Crippen LogP contribution in [0, 0.1) is 24.0 Å². The van der Waals surface area contributed by atoms with Gasteiger partial charge < -0.3 is 0 Å². The Labute approximate surface area is 124 Å². The number of carbonyl (C=O) groups is 1. The SMILES string of the molecule is Cc1nn(CC(=O)N/N=C/c2cccs2)c(C)c1[N+](=O)[O-]. The summed E-state index contributed by atoms with van der Waals surface area (Å²) in [6, 6.07) is 3.74. The zero-order valence-corrected chi connectivity index (χ0v) is 12.3. The van der Waals surface area contributed by atoms with E-state index in [-0.39, 0.29) is 17.9 Å². The number of aromatic nitrogens is 2. The van der Waals surface area contributed by atoms with Crippen molar-refractivity contribution in [2.24, 2.45) is 5.10 Å². The molecular formula is C12H13N5O3S. The number of nitro groups is 1. The van der Waals surface area contributed by atoms with Crippen molar-refractivity contribution in [2.75, 3.05) is 0 Å². The lowest BCUT2D eigenvalue weighted by molar-refractivity contribution is -0.386. The van der Waals surface area contributed by atoms with Gasteiger partial charge in [0.2, 0.25) is 0 Å². The lowest BCUT2D eigenvalue weighted by Crippen LogP contribution is -2.24. The number of aryl methyl sites for hydroxylation is 1. The van der Waals surface area contributed by atoms with E-state index in [0.717, 1.165) is 4.88 Å². The molecule has 0 radical (unpaired) electrons. The second-order valence-corrected chi connectivity index (χ2v) is 5.22. The van der Waals surface area contributed by atoms with Crippen LogP contribution in [0.1, 0.15) is 16.3 Å². The summed E-state index contributed by atoms with van der Waals surface area (Å²) >= 11 is 1.50. The number of hydrazone groups is 1. The molecule has 2 aromatic rings. The molecule has 9 heteroatoms. The summed E-state index contributed by atoms with van der Waals surface area (Å²) in [5.74, 6) is -0.400. The molecule has 2 rings (SSSR count). The van der Waals surface area contributed by atoms with E-state index in [2.05, 4.69) is 15.6 Å². The molecule has 0 aromatic carbocycles. The Morgan fingerprint density at radius 3 is 2.95 bits per heavy atom. The minimum atomic E-state index is -0.499. The lowest BCUT2D eigenvalue weighted by atomic mass is 10.3. The Bertz CT molecular complexity index is 690. The Morgan fingerprint density at radius 2 is 2.38 bits per heavy atom. The third-order valence-corrected chi connectivity index (χ3v) is 3.55. The van der Waals surface area contributed by atoms with E-state index >= 15 is 0 Å². The Hall–Kier alpha value is -2.55. The second kappa shape index (κ2) is 6.27. The fraction of sp³-hybridized carbons (Fsp3) is 0.250. The van der Waals surface area contributed by atoms with Crippen LogP contribution in [0.3, 0.4) is 0 Å². The Kier molecular flexibility index (Phi) is 4.43. The van der Waals surface area contributed by atoms with Gasteiger partial charge >= 0.3 is 5.69 Å². The van der Waals surface area contributed by atoms with E-state index in [9.17, 15) is 14.9 Å². The normalized spacial score (nSPS) is 11.0. The van der Waals surface area contributed by atoms with Crippen molar-refractivity contribution in [1.82, 2.24) is 15.2 Å². The molecule has 0 spiro atoms. The molecule has 8 nitrogen and oxygen atoms in total. The van der Waals surface area contributed by atoms with Crippen molar-refractivity contribution in [3.63, 3.8) is 0 Å². The van der Waals surface area contributed by atoms with Gasteiger partial charge in [-0.2, -0.15) is 10.2 Å². The first-order chi connectivity index (χ1) is 9.99. The molecular weight excluding hydrogens is 294 g/mol. The highest BCUT2D eigenvalue weighted by Gasteiger charge is 2.22. The van der Waals surface area contributed by atoms with Crippen molar-refractivity contribution in [2.45, 2.75) is 20.4 Å². The highest BCUT2D eigenvalue weighted by Crippen LogP contribution is 2.21. The van der Waals surface area contributed by atoms with Gasteiger partial charge in [0.25, 0.3) is 5.91 Å². The number of carbonyl (C=O) groups excluding carboxylic acids is 1. The standard InChI is InChI=1S/C12H13N5O3S/c1-8-12(17(19)20)9(2)16(15-8)7-11(18)14-13-6-10-4-3-5-21-10/h3-6H,7H2,1-2H3,(H,14,18)/b13-6+. The number of nitrogens with one attached hydrogen (secondary N) is 1. The van der Waals surface area contributed by atoms with Crippen molar-refractivity contribution in [3.05, 3.63) is 43.9 Å². The van der Waals surface area contributed by atoms with E-state index in [1.54, 1.807) is 6.92 Å². The summed E-state index contributed by atoms with van der Waals surface area (Å²) < 4.78 is 1.30.